The largest absolute Gasteiger partial charge is 0.507 e. The molecule has 5 N–H and O–H groups in total. The van der Waals surface area contributed by atoms with E-state index in [1.165, 1.54) is 37.2 Å². The van der Waals surface area contributed by atoms with Crippen LogP contribution in [0.4, 0.5) is 13.2 Å². The van der Waals surface area contributed by atoms with Crippen molar-refractivity contribution in [3.8, 4) is 5.75 Å². The summed E-state index contributed by atoms with van der Waals surface area (Å²) in [6.07, 6.45) is -5.23. The first-order valence-electron chi connectivity index (χ1n) is 12.8. The van der Waals surface area contributed by atoms with Crippen molar-refractivity contribution < 1.29 is 52.5 Å². The topological polar surface area (TPSA) is 175 Å². The number of ketones is 4. The fourth-order valence-corrected chi connectivity index (χ4v) is 6.62. The molecule has 220 valence electrons. The maximum absolute atomic E-state index is 14.1. The highest BCUT2D eigenvalue weighted by atomic mass is 19.4. The lowest BCUT2D eigenvalue weighted by atomic mass is 9.50. The van der Waals surface area contributed by atoms with Gasteiger partial charge in [0.25, 0.3) is 0 Å². The molecule has 2 unspecified atom stereocenters. The Kier molecular flexibility index (Phi) is 6.75. The maximum Gasteiger partial charge on any atom is 0.416 e. The number of aliphatic hydroxyl groups is 2. The van der Waals surface area contributed by atoms with Gasteiger partial charge in [-0.25, -0.2) is 0 Å². The molecule has 5 rings (SSSR count). The molecular weight excluding hydrogens is 561 g/mol. The predicted molar refractivity (Wildman–Crippen MR) is 138 cm³/mol. The normalized spacial score (nSPS) is 32.0. The number of aliphatic hydroxyl groups excluding tert-OH is 1. The smallest absolute Gasteiger partial charge is 0.416 e. The minimum absolute atomic E-state index is 0.0441. The molecule has 0 aliphatic heterocycles. The molecule has 10 nitrogen and oxygen atoms in total. The Morgan fingerprint density at radius 2 is 1.64 bits per heavy atom. The number of fused-ring (bicyclic) bond motifs is 3. The van der Waals surface area contributed by atoms with Gasteiger partial charge in [0.15, 0.2) is 34.7 Å². The van der Waals surface area contributed by atoms with Gasteiger partial charge in [-0.3, -0.25) is 28.9 Å². The number of phenols is 1. The number of amides is 1. The third kappa shape index (κ3) is 4.02. The van der Waals surface area contributed by atoms with Crippen molar-refractivity contribution in [1.29, 1.82) is 0 Å². The van der Waals surface area contributed by atoms with Gasteiger partial charge in [0.05, 0.1) is 35.1 Å². The Labute approximate surface area is 236 Å². The van der Waals surface area contributed by atoms with Crippen molar-refractivity contribution in [2.75, 3.05) is 14.1 Å². The van der Waals surface area contributed by atoms with E-state index in [2.05, 4.69) is 0 Å². The molecule has 3 aliphatic rings. The number of phenolic OH excluding ortho intramolecular Hbond substituents is 1. The number of primary amides is 1. The zero-order valence-corrected chi connectivity index (χ0v) is 22.1. The number of nitrogens with two attached hydrogens (primary N) is 1. The van der Waals surface area contributed by atoms with Gasteiger partial charge in [0.2, 0.25) is 5.91 Å². The van der Waals surface area contributed by atoms with Crippen LogP contribution in [0.2, 0.25) is 0 Å². The second kappa shape index (κ2) is 9.68. The van der Waals surface area contributed by atoms with Gasteiger partial charge in [-0.15, -0.1) is 0 Å². The van der Waals surface area contributed by atoms with Gasteiger partial charge in [0, 0.05) is 5.92 Å². The SMILES string of the molecule is CN(C)[C@H]1C(=O)C(C(N)=O)C(=O)[C@]2(O)C(=O)C3C(=O)c4c(O)cccc4C(=Cc4ccc(C(F)(F)F)cc4)[C@@H]3[C@@H](O)[C@H]12. The van der Waals surface area contributed by atoms with Gasteiger partial charge in [-0.1, -0.05) is 30.3 Å². The fraction of sp³-hybridized carbons (Fsp3) is 0.345. The monoisotopic (exact) mass is 586 g/mol. The highest BCUT2D eigenvalue weighted by molar-refractivity contribution is 6.33. The van der Waals surface area contributed by atoms with Crippen molar-refractivity contribution in [2.45, 2.75) is 23.9 Å². The first-order chi connectivity index (χ1) is 19.5. The van der Waals surface area contributed by atoms with Crippen LogP contribution < -0.4 is 5.73 Å². The molecule has 0 spiro atoms. The van der Waals surface area contributed by atoms with E-state index in [1.807, 2.05) is 0 Å². The molecule has 0 heterocycles. The van der Waals surface area contributed by atoms with Gasteiger partial charge in [0.1, 0.15) is 5.75 Å². The van der Waals surface area contributed by atoms with Gasteiger partial charge < -0.3 is 21.1 Å². The number of nitrogens with zero attached hydrogens (tertiary/aromatic N) is 1. The van der Waals surface area contributed by atoms with Gasteiger partial charge in [-0.05, 0) is 49.0 Å². The molecule has 0 bridgehead atoms. The molecular formula is C29H25F3N2O8. The van der Waals surface area contributed by atoms with Crippen LogP contribution in [0.15, 0.2) is 42.5 Å². The van der Waals surface area contributed by atoms with E-state index >= 15 is 0 Å². The van der Waals surface area contributed by atoms with Crippen LogP contribution in [0.25, 0.3) is 11.6 Å². The molecule has 0 radical (unpaired) electrons. The van der Waals surface area contributed by atoms with Crippen LogP contribution >= 0.6 is 0 Å². The molecule has 2 aromatic carbocycles. The third-order valence-corrected chi connectivity index (χ3v) is 8.43. The zero-order chi connectivity index (χ0) is 31.0. The van der Waals surface area contributed by atoms with Gasteiger partial charge in [-0.2, -0.15) is 13.2 Å². The Balaban J connectivity index is 1.76. The van der Waals surface area contributed by atoms with Crippen molar-refractivity contribution >= 4 is 40.7 Å². The number of aromatic hydroxyl groups is 1. The molecule has 2 saturated carbocycles. The molecule has 1 amide bonds. The van der Waals surface area contributed by atoms with Crippen molar-refractivity contribution in [3.63, 3.8) is 0 Å². The number of Topliss-reactive ketones (excluding diaryl/α,β-unsaturated/α-hetero) is 4. The molecule has 13 heteroatoms. The second-order valence-electron chi connectivity index (χ2n) is 10.9. The van der Waals surface area contributed by atoms with Crippen LogP contribution in [0.1, 0.15) is 27.0 Å². The van der Waals surface area contributed by atoms with E-state index in [9.17, 15) is 52.5 Å². The summed E-state index contributed by atoms with van der Waals surface area (Å²) < 4.78 is 39.5. The summed E-state index contributed by atoms with van der Waals surface area (Å²) in [5.41, 5.74) is 1.09. The summed E-state index contributed by atoms with van der Waals surface area (Å²) in [5.74, 6) is -14.6. The Hall–Kier alpha value is -4.20. The van der Waals surface area contributed by atoms with Crippen molar-refractivity contribution in [1.82, 2.24) is 4.90 Å². The number of carbonyl (C=O) groups is 5. The average molecular weight is 587 g/mol. The number of hydrogen-bond acceptors (Lipinski definition) is 9. The lowest BCUT2D eigenvalue weighted by molar-refractivity contribution is -0.192. The summed E-state index contributed by atoms with van der Waals surface area (Å²) in [5, 5.41) is 34.1. The molecule has 7 atom stereocenters. The fourth-order valence-electron chi connectivity index (χ4n) is 6.62. The Morgan fingerprint density at radius 3 is 2.19 bits per heavy atom. The van der Waals surface area contributed by atoms with E-state index in [0.717, 1.165) is 30.3 Å². The molecule has 0 aromatic heterocycles. The summed E-state index contributed by atoms with van der Waals surface area (Å²) in [4.78, 5) is 68.0. The lowest BCUT2D eigenvalue weighted by Gasteiger charge is -2.55. The lowest BCUT2D eigenvalue weighted by Crippen LogP contribution is -2.77. The summed E-state index contributed by atoms with van der Waals surface area (Å²) in [6.45, 7) is 0. The van der Waals surface area contributed by atoms with Crippen molar-refractivity contribution in [3.05, 3.63) is 64.7 Å². The number of alkyl halides is 3. The van der Waals surface area contributed by atoms with E-state index in [4.69, 9.17) is 5.73 Å². The van der Waals surface area contributed by atoms with Crippen LogP contribution in [0.5, 0.6) is 5.75 Å². The van der Waals surface area contributed by atoms with Gasteiger partial charge >= 0.3 is 6.18 Å². The standard InChI is InChI=1S/C29H25F3N2O8/c1-34(2)21-20-23(37)17-14(10-11-6-8-12(9-7-11)29(30,31)32)13-4-3-5-15(35)16(13)22(36)18(17)25(39)28(20,42)26(40)19(24(21)38)27(33)41/h3-10,17-21,23,35,37,42H,1-2H3,(H2,33,41)/t17-,18?,19?,20-,21+,23+,28+/m0/s1. The van der Waals surface area contributed by atoms with E-state index < -0.39 is 87.9 Å². The van der Waals surface area contributed by atoms with E-state index in [0.29, 0.717) is 0 Å². The molecule has 2 aromatic rings. The molecule has 2 fully saturated rings. The van der Waals surface area contributed by atoms with E-state index in [-0.39, 0.29) is 22.3 Å². The third-order valence-electron chi connectivity index (χ3n) is 8.43. The van der Waals surface area contributed by atoms with Crippen LogP contribution in [0.3, 0.4) is 0 Å². The summed E-state index contributed by atoms with van der Waals surface area (Å²) >= 11 is 0. The van der Waals surface area contributed by atoms with Crippen LogP contribution in [0, 0.1) is 23.7 Å². The molecule has 3 aliphatic carbocycles. The van der Waals surface area contributed by atoms with E-state index in [1.54, 1.807) is 0 Å². The summed E-state index contributed by atoms with van der Waals surface area (Å²) in [7, 11) is 2.72. The first-order valence-corrected chi connectivity index (χ1v) is 12.8. The Bertz CT molecular complexity index is 1580. The molecule has 42 heavy (non-hydrogen) atoms. The summed E-state index contributed by atoms with van der Waals surface area (Å²) in [6, 6.07) is 6.25. The predicted octanol–water partition coefficient (Wildman–Crippen LogP) is 0.855. The minimum atomic E-state index is -4.62. The van der Waals surface area contributed by atoms with Crippen molar-refractivity contribution in [2.24, 2.45) is 29.4 Å². The quantitative estimate of drug-likeness (QED) is 0.380. The maximum atomic E-state index is 14.1. The number of rotatable bonds is 3. The van der Waals surface area contributed by atoms with Crippen LogP contribution in [-0.2, 0) is 25.4 Å². The highest BCUT2D eigenvalue weighted by Crippen LogP contribution is 2.54. The number of likely N-dealkylation sites (N-methyl/N-ethyl adjacent to an activating group) is 1. The second-order valence-corrected chi connectivity index (χ2v) is 10.9. The highest BCUT2D eigenvalue weighted by Gasteiger charge is 2.72. The number of benzene rings is 2. The minimum Gasteiger partial charge on any atom is -0.507 e. The number of halogens is 3. The Morgan fingerprint density at radius 1 is 1.02 bits per heavy atom. The number of hydrogen-bond donors (Lipinski definition) is 4. The van der Waals surface area contributed by atoms with Crippen LogP contribution in [-0.4, -0.2) is 81.1 Å². The molecule has 0 saturated heterocycles. The zero-order valence-electron chi connectivity index (χ0n) is 22.1. The first kappa shape index (κ1) is 29.3. The average Bonchev–Trinajstić information content (AvgIpc) is 2.89. The number of carbonyl (C=O) groups excluding carboxylic acids is 5.